The fourth-order valence-electron chi connectivity index (χ4n) is 3.22. The number of benzene rings is 3. The molecule has 0 unspecified atom stereocenters. The molecule has 3 aromatic carbocycles. The van der Waals surface area contributed by atoms with Gasteiger partial charge in [-0.2, -0.15) is 0 Å². The van der Waals surface area contributed by atoms with Crippen molar-refractivity contribution >= 4 is 40.6 Å². The number of methoxy groups -OCH3 is 1. The number of likely N-dealkylation sites (N-methyl/N-ethyl adjacent to an activating group) is 1. The lowest BCUT2D eigenvalue weighted by Crippen LogP contribution is -2.23. The van der Waals surface area contributed by atoms with E-state index in [2.05, 4.69) is 4.99 Å². The van der Waals surface area contributed by atoms with Gasteiger partial charge < -0.3 is 19.4 Å². The lowest BCUT2D eigenvalue weighted by atomic mass is 10.2. The molecule has 0 spiro atoms. The molecule has 35 heavy (non-hydrogen) atoms. The number of aliphatic imine (C=N–C) groups is 1. The number of carbonyl (C=O) groups excluding carboxylic acids is 2. The first-order valence-electron chi connectivity index (χ1n) is 10.5. The van der Waals surface area contributed by atoms with E-state index in [9.17, 15) is 19.1 Å². The summed E-state index contributed by atoms with van der Waals surface area (Å²) in [5, 5.41) is 11.4. The predicted octanol–water partition coefficient (Wildman–Crippen LogP) is 4.01. The molecule has 1 aliphatic rings. The van der Waals surface area contributed by atoms with Gasteiger partial charge in [-0.05, 0) is 70.9 Å². The van der Waals surface area contributed by atoms with Gasteiger partial charge in [0.25, 0.3) is 5.91 Å². The van der Waals surface area contributed by atoms with Crippen molar-refractivity contribution in [2.24, 2.45) is 4.99 Å². The van der Waals surface area contributed by atoms with Crippen LogP contribution in [0.5, 0.6) is 11.5 Å². The van der Waals surface area contributed by atoms with Crippen LogP contribution in [0.25, 0.3) is 6.08 Å². The van der Waals surface area contributed by atoms with Crippen LogP contribution in [0.2, 0.25) is 0 Å². The van der Waals surface area contributed by atoms with Crippen LogP contribution >= 0.6 is 11.8 Å². The Labute approximate surface area is 205 Å². The Kier molecular flexibility index (Phi) is 7.17. The van der Waals surface area contributed by atoms with Crippen LogP contribution in [0.4, 0.5) is 10.1 Å². The molecule has 178 valence electrons. The van der Waals surface area contributed by atoms with Gasteiger partial charge in [0.1, 0.15) is 12.4 Å². The molecule has 1 amide bonds. The molecule has 0 aromatic heterocycles. The molecule has 4 rings (SSSR count). The minimum atomic E-state index is -1.26. The Hall–Kier alpha value is -4.11. The zero-order valence-electron chi connectivity index (χ0n) is 18.9. The van der Waals surface area contributed by atoms with Crippen molar-refractivity contribution in [2.75, 3.05) is 14.2 Å². The number of aromatic carboxylic acids is 1. The minimum absolute atomic E-state index is 0.0529. The van der Waals surface area contributed by atoms with Crippen molar-refractivity contribution in [2.45, 2.75) is 6.61 Å². The highest BCUT2D eigenvalue weighted by Crippen LogP contribution is 2.35. The summed E-state index contributed by atoms with van der Waals surface area (Å²) in [5.74, 6) is -0.776. The maximum Gasteiger partial charge on any atom is 0.266 e. The quantitative estimate of drug-likeness (QED) is 0.464. The Morgan fingerprint density at radius 3 is 2.46 bits per heavy atom. The number of amidine groups is 1. The topological polar surface area (TPSA) is 91.3 Å². The van der Waals surface area contributed by atoms with Crippen molar-refractivity contribution in [1.82, 2.24) is 4.90 Å². The van der Waals surface area contributed by atoms with Crippen LogP contribution in [0.15, 0.2) is 76.6 Å². The molecule has 7 nitrogen and oxygen atoms in total. The number of rotatable bonds is 7. The molecule has 1 aliphatic heterocycles. The van der Waals surface area contributed by atoms with Gasteiger partial charge in [-0.15, -0.1) is 0 Å². The van der Waals surface area contributed by atoms with Gasteiger partial charge in [-0.25, -0.2) is 9.38 Å². The zero-order chi connectivity index (χ0) is 24.9. The first-order chi connectivity index (χ1) is 16.8. The third kappa shape index (κ3) is 5.70. The molecule has 1 heterocycles. The molecule has 3 aromatic rings. The summed E-state index contributed by atoms with van der Waals surface area (Å²) < 4.78 is 24.3. The van der Waals surface area contributed by atoms with E-state index >= 15 is 0 Å². The summed E-state index contributed by atoms with van der Waals surface area (Å²) >= 11 is 1.21. The molecular weight excluding hydrogens is 471 g/mol. The van der Waals surface area contributed by atoms with Gasteiger partial charge >= 0.3 is 0 Å². The van der Waals surface area contributed by atoms with Gasteiger partial charge in [0.15, 0.2) is 16.7 Å². The van der Waals surface area contributed by atoms with Gasteiger partial charge in [0.05, 0.1) is 23.7 Å². The Balaban J connectivity index is 1.50. The number of halogens is 1. The summed E-state index contributed by atoms with van der Waals surface area (Å²) in [5.41, 5.74) is 2.12. The van der Waals surface area contributed by atoms with E-state index in [1.807, 2.05) is 0 Å². The van der Waals surface area contributed by atoms with E-state index in [4.69, 9.17) is 9.47 Å². The summed E-state index contributed by atoms with van der Waals surface area (Å²) in [7, 11) is 3.15. The number of ether oxygens (including phenoxy) is 2. The number of thioether (sulfide) groups is 1. The number of amides is 1. The first-order valence-corrected chi connectivity index (χ1v) is 11.3. The molecular formula is C26H20FN2O5S-. The molecule has 0 bridgehead atoms. The molecule has 0 N–H and O–H groups in total. The SMILES string of the molecule is COc1cc(C=C2SC(=Nc3ccc(C(=O)[O-])cc3)N(C)C2=O)ccc1OCc1ccc(F)cc1. The van der Waals surface area contributed by atoms with Crippen molar-refractivity contribution in [1.29, 1.82) is 0 Å². The number of nitrogens with zero attached hydrogens (tertiary/aromatic N) is 2. The fourth-order valence-corrected chi connectivity index (χ4v) is 4.21. The van der Waals surface area contributed by atoms with Crippen molar-refractivity contribution in [3.63, 3.8) is 0 Å². The number of hydrogen-bond acceptors (Lipinski definition) is 7. The Bertz CT molecular complexity index is 1320. The Morgan fingerprint density at radius 2 is 1.80 bits per heavy atom. The number of carboxylic acid groups (broad SMARTS) is 1. The average Bonchev–Trinajstić information content (AvgIpc) is 3.12. The van der Waals surface area contributed by atoms with E-state index in [1.165, 1.54) is 48.0 Å². The highest BCUT2D eigenvalue weighted by Gasteiger charge is 2.30. The van der Waals surface area contributed by atoms with Crippen LogP contribution in [0.3, 0.4) is 0 Å². The summed E-state index contributed by atoms with van der Waals surface area (Å²) in [6.45, 7) is 0.250. The van der Waals surface area contributed by atoms with E-state index in [0.717, 1.165) is 11.1 Å². The highest BCUT2D eigenvalue weighted by atomic mass is 32.2. The smallest absolute Gasteiger partial charge is 0.266 e. The first kappa shape index (κ1) is 24.0. The molecule has 0 aliphatic carbocycles. The maximum atomic E-state index is 13.1. The van der Waals surface area contributed by atoms with E-state index < -0.39 is 5.97 Å². The summed E-state index contributed by atoms with van der Waals surface area (Å²) in [6, 6.07) is 17.3. The van der Waals surface area contributed by atoms with Crippen LogP contribution in [0, 0.1) is 5.82 Å². The summed E-state index contributed by atoms with van der Waals surface area (Å²) in [4.78, 5) is 30.0. The van der Waals surface area contributed by atoms with Crippen molar-refractivity contribution in [3.8, 4) is 11.5 Å². The van der Waals surface area contributed by atoms with Crippen LogP contribution in [-0.2, 0) is 11.4 Å². The third-order valence-corrected chi connectivity index (χ3v) is 6.18. The lowest BCUT2D eigenvalue weighted by molar-refractivity contribution is -0.255. The van der Waals surface area contributed by atoms with Gasteiger partial charge in [-0.1, -0.05) is 30.3 Å². The maximum absolute atomic E-state index is 13.1. The second-order valence-corrected chi connectivity index (χ2v) is 8.54. The van der Waals surface area contributed by atoms with E-state index in [0.29, 0.717) is 27.3 Å². The molecule has 0 atom stereocenters. The highest BCUT2D eigenvalue weighted by molar-refractivity contribution is 8.18. The second kappa shape index (κ2) is 10.4. The summed E-state index contributed by atoms with van der Waals surface area (Å²) in [6.07, 6.45) is 1.73. The molecule has 0 radical (unpaired) electrons. The van der Waals surface area contributed by atoms with Crippen molar-refractivity contribution < 1.29 is 28.6 Å². The molecule has 1 fully saturated rings. The Morgan fingerprint density at radius 1 is 1.09 bits per heavy atom. The van der Waals surface area contributed by atoms with Crippen LogP contribution in [-0.4, -0.2) is 36.1 Å². The number of hydrogen-bond donors (Lipinski definition) is 0. The monoisotopic (exact) mass is 491 g/mol. The zero-order valence-corrected chi connectivity index (χ0v) is 19.7. The largest absolute Gasteiger partial charge is 0.545 e. The fraction of sp³-hybridized carbons (Fsp3) is 0.115. The molecule has 1 saturated heterocycles. The standard InChI is InChI=1S/C26H21FN2O5S/c1-29-24(30)23(35-26(29)28-20-10-6-18(7-11-20)25(31)32)14-17-5-12-21(22(13-17)33-2)34-15-16-3-8-19(27)9-4-16/h3-14H,15H2,1-2H3,(H,31,32)/p-1. The van der Waals surface area contributed by atoms with Crippen LogP contribution < -0.4 is 14.6 Å². The predicted molar refractivity (Wildman–Crippen MR) is 130 cm³/mol. The van der Waals surface area contributed by atoms with E-state index in [-0.39, 0.29) is 23.9 Å². The molecule has 0 saturated carbocycles. The molecule has 9 heteroatoms. The number of carboxylic acids is 1. The van der Waals surface area contributed by atoms with Crippen LogP contribution in [0.1, 0.15) is 21.5 Å². The minimum Gasteiger partial charge on any atom is -0.545 e. The lowest BCUT2D eigenvalue weighted by Gasteiger charge is -2.11. The third-order valence-electron chi connectivity index (χ3n) is 5.12. The van der Waals surface area contributed by atoms with Gasteiger partial charge in [-0.3, -0.25) is 9.69 Å². The number of carbonyl (C=O) groups is 2. The van der Waals surface area contributed by atoms with Gasteiger partial charge in [0.2, 0.25) is 0 Å². The average molecular weight is 492 g/mol. The van der Waals surface area contributed by atoms with Crippen molar-refractivity contribution in [3.05, 3.63) is 94.1 Å². The second-order valence-electron chi connectivity index (χ2n) is 7.53. The normalized spacial score (nSPS) is 15.6. The van der Waals surface area contributed by atoms with E-state index in [1.54, 1.807) is 55.6 Å². The van der Waals surface area contributed by atoms with Gasteiger partial charge in [0, 0.05) is 7.05 Å².